The molecule has 1 unspecified atom stereocenters. The van der Waals surface area contributed by atoms with Crippen molar-refractivity contribution in [2.24, 2.45) is 5.16 Å². The van der Waals surface area contributed by atoms with Crippen molar-refractivity contribution >= 4 is 11.6 Å². The van der Waals surface area contributed by atoms with E-state index in [0.717, 1.165) is 12.1 Å². The van der Waals surface area contributed by atoms with E-state index < -0.39 is 23.8 Å². The molecule has 0 radical (unpaired) electrons. The molecule has 0 saturated heterocycles. The molecule has 0 saturated carbocycles. The predicted octanol–water partition coefficient (Wildman–Crippen LogP) is 3.85. The van der Waals surface area contributed by atoms with E-state index in [0.29, 0.717) is 23.3 Å². The first-order valence-electron chi connectivity index (χ1n) is 8.21. The lowest BCUT2D eigenvalue weighted by Gasteiger charge is -2.11. The summed E-state index contributed by atoms with van der Waals surface area (Å²) in [4.78, 5) is 17.3. The second-order valence-corrected chi connectivity index (χ2v) is 6.18. The number of alkyl halides is 3. The van der Waals surface area contributed by atoms with Crippen molar-refractivity contribution in [3.05, 3.63) is 71.0 Å². The van der Waals surface area contributed by atoms with Crippen molar-refractivity contribution in [1.29, 1.82) is 0 Å². The molecule has 1 aliphatic heterocycles. The number of rotatable bonds is 5. The molecule has 0 aromatic heterocycles. The maximum Gasteiger partial charge on any atom is 0.416 e. The van der Waals surface area contributed by atoms with Crippen molar-refractivity contribution in [3.63, 3.8) is 0 Å². The second kappa shape index (κ2) is 7.77. The first kappa shape index (κ1) is 18.9. The number of hydrogen-bond donors (Lipinski definition) is 1. The van der Waals surface area contributed by atoms with Crippen molar-refractivity contribution in [1.82, 2.24) is 5.32 Å². The van der Waals surface area contributed by atoms with Crippen LogP contribution >= 0.6 is 0 Å². The van der Waals surface area contributed by atoms with Gasteiger partial charge in [-0.05, 0) is 35.4 Å². The van der Waals surface area contributed by atoms with E-state index in [9.17, 15) is 22.4 Å². The molecule has 1 aliphatic rings. The zero-order valence-electron chi connectivity index (χ0n) is 14.1. The van der Waals surface area contributed by atoms with Crippen molar-refractivity contribution in [2.75, 3.05) is 0 Å². The van der Waals surface area contributed by atoms with E-state index >= 15 is 0 Å². The summed E-state index contributed by atoms with van der Waals surface area (Å²) in [6.45, 7) is -0.0537. The van der Waals surface area contributed by atoms with Crippen LogP contribution in [-0.4, -0.2) is 17.7 Å². The number of amides is 1. The van der Waals surface area contributed by atoms with E-state index in [1.165, 1.54) is 24.3 Å². The van der Waals surface area contributed by atoms with E-state index in [2.05, 4.69) is 10.5 Å². The standard InChI is InChI=1S/C19H16F4N2O2/c20-15-6-2-3-12(8-15)9-16-10-17(27-25-16)18(26)24-11-13-4-1-5-14(7-13)19(21,22)23/h1-8,17H,9-11H2,(H,24,26). The first-order chi connectivity index (χ1) is 12.8. The highest BCUT2D eigenvalue weighted by atomic mass is 19.4. The van der Waals surface area contributed by atoms with E-state index in [4.69, 9.17) is 4.84 Å². The van der Waals surface area contributed by atoms with Gasteiger partial charge in [0.2, 0.25) is 6.10 Å². The number of carbonyl (C=O) groups excluding carboxylic acids is 1. The zero-order valence-corrected chi connectivity index (χ0v) is 14.1. The summed E-state index contributed by atoms with van der Waals surface area (Å²) in [5.41, 5.74) is 0.867. The molecule has 1 atom stereocenters. The molecule has 1 heterocycles. The Hall–Kier alpha value is -2.90. The summed E-state index contributed by atoms with van der Waals surface area (Å²) in [5, 5.41) is 6.40. The van der Waals surface area contributed by atoms with E-state index in [-0.39, 0.29) is 18.8 Å². The molecule has 27 heavy (non-hydrogen) atoms. The average Bonchev–Trinajstić information content (AvgIpc) is 3.08. The minimum absolute atomic E-state index is 0.0537. The van der Waals surface area contributed by atoms with Crippen molar-refractivity contribution in [2.45, 2.75) is 31.7 Å². The van der Waals surface area contributed by atoms with Gasteiger partial charge in [-0.2, -0.15) is 13.2 Å². The van der Waals surface area contributed by atoms with Crippen LogP contribution in [0.1, 0.15) is 23.1 Å². The van der Waals surface area contributed by atoms with Crippen LogP contribution in [0, 0.1) is 5.82 Å². The Morgan fingerprint density at radius 3 is 2.63 bits per heavy atom. The third-order valence-electron chi connectivity index (χ3n) is 4.04. The van der Waals surface area contributed by atoms with Crippen LogP contribution in [0.15, 0.2) is 53.7 Å². The molecule has 2 aromatic carbocycles. The fourth-order valence-electron chi connectivity index (χ4n) is 2.71. The Balaban J connectivity index is 1.51. The first-order valence-corrected chi connectivity index (χ1v) is 8.21. The monoisotopic (exact) mass is 380 g/mol. The van der Waals surface area contributed by atoms with Gasteiger partial charge in [0, 0.05) is 19.4 Å². The van der Waals surface area contributed by atoms with E-state index in [1.807, 2.05) is 0 Å². The van der Waals surface area contributed by atoms with Crippen LogP contribution in [0.25, 0.3) is 0 Å². The average molecular weight is 380 g/mol. The second-order valence-electron chi connectivity index (χ2n) is 6.18. The zero-order chi connectivity index (χ0) is 19.4. The molecule has 0 bridgehead atoms. The molecule has 0 spiro atoms. The molecule has 142 valence electrons. The van der Waals surface area contributed by atoms with Crippen molar-refractivity contribution in [3.8, 4) is 0 Å². The van der Waals surface area contributed by atoms with Gasteiger partial charge in [-0.3, -0.25) is 4.79 Å². The Morgan fingerprint density at radius 1 is 1.15 bits per heavy atom. The number of hydrogen-bond acceptors (Lipinski definition) is 3. The number of carbonyl (C=O) groups is 1. The quantitative estimate of drug-likeness (QED) is 0.802. The minimum Gasteiger partial charge on any atom is -0.382 e. The molecular formula is C19H16F4N2O2. The highest BCUT2D eigenvalue weighted by molar-refractivity contribution is 5.93. The molecule has 1 N–H and O–H groups in total. The summed E-state index contributed by atoms with van der Waals surface area (Å²) in [6, 6.07) is 10.8. The van der Waals surface area contributed by atoms with Gasteiger partial charge in [0.1, 0.15) is 5.82 Å². The normalized spacial score (nSPS) is 16.6. The van der Waals surface area contributed by atoms with Gasteiger partial charge in [-0.15, -0.1) is 0 Å². The summed E-state index contributed by atoms with van der Waals surface area (Å²) < 4.78 is 51.3. The fourth-order valence-corrected chi connectivity index (χ4v) is 2.71. The Bertz CT molecular complexity index is 865. The number of nitrogens with one attached hydrogen (secondary N) is 1. The number of halogens is 4. The van der Waals surface area contributed by atoms with Crippen molar-refractivity contribution < 1.29 is 27.2 Å². The molecule has 8 heteroatoms. The molecular weight excluding hydrogens is 364 g/mol. The summed E-state index contributed by atoms with van der Waals surface area (Å²) in [7, 11) is 0. The SMILES string of the molecule is O=C(NCc1cccc(C(F)(F)F)c1)C1CC(Cc2cccc(F)c2)=NO1. The third-order valence-corrected chi connectivity index (χ3v) is 4.04. The fraction of sp³-hybridized carbons (Fsp3) is 0.263. The maximum atomic E-state index is 13.2. The molecule has 1 amide bonds. The van der Waals surface area contributed by atoms with Gasteiger partial charge in [-0.25, -0.2) is 4.39 Å². The molecule has 0 aliphatic carbocycles. The van der Waals surface area contributed by atoms with Gasteiger partial charge in [0.05, 0.1) is 11.3 Å². The Labute approximate surface area is 152 Å². The van der Waals surface area contributed by atoms with Crippen LogP contribution in [0.4, 0.5) is 17.6 Å². The van der Waals surface area contributed by atoms with Crippen LogP contribution in [0.2, 0.25) is 0 Å². The molecule has 3 rings (SSSR count). The van der Waals surface area contributed by atoms with Gasteiger partial charge in [-0.1, -0.05) is 29.4 Å². The molecule has 0 fully saturated rings. The highest BCUT2D eigenvalue weighted by Gasteiger charge is 2.31. The largest absolute Gasteiger partial charge is 0.416 e. The van der Waals surface area contributed by atoms with Gasteiger partial charge >= 0.3 is 6.18 Å². The predicted molar refractivity (Wildman–Crippen MR) is 90.3 cm³/mol. The van der Waals surface area contributed by atoms with Gasteiger partial charge in [0.25, 0.3) is 5.91 Å². The smallest absolute Gasteiger partial charge is 0.382 e. The number of nitrogens with zero attached hydrogens (tertiary/aromatic N) is 1. The lowest BCUT2D eigenvalue weighted by atomic mass is 10.0. The summed E-state index contributed by atoms with van der Waals surface area (Å²) in [5.74, 6) is -0.826. The third kappa shape index (κ3) is 5.06. The Kier molecular flexibility index (Phi) is 5.43. The van der Waals surface area contributed by atoms with Crippen LogP contribution in [0.5, 0.6) is 0 Å². The highest BCUT2D eigenvalue weighted by Crippen LogP contribution is 2.29. The van der Waals surface area contributed by atoms with Crippen LogP contribution < -0.4 is 5.32 Å². The van der Waals surface area contributed by atoms with Crippen LogP contribution in [-0.2, 0) is 28.8 Å². The lowest BCUT2D eigenvalue weighted by molar-refractivity contribution is -0.137. The van der Waals surface area contributed by atoms with Gasteiger partial charge < -0.3 is 10.2 Å². The topological polar surface area (TPSA) is 50.7 Å². The lowest BCUT2D eigenvalue weighted by Crippen LogP contribution is -2.34. The number of benzene rings is 2. The maximum absolute atomic E-state index is 13.2. The summed E-state index contributed by atoms with van der Waals surface area (Å²) >= 11 is 0. The number of oxime groups is 1. The minimum atomic E-state index is -4.44. The molecule has 2 aromatic rings. The Morgan fingerprint density at radius 2 is 1.89 bits per heavy atom. The molecule has 4 nitrogen and oxygen atoms in total. The van der Waals surface area contributed by atoms with E-state index in [1.54, 1.807) is 12.1 Å². The summed E-state index contributed by atoms with van der Waals surface area (Å²) in [6.07, 6.45) is -4.69. The van der Waals surface area contributed by atoms with Crippen LogP contribution in [0.3, 0.4) is 0 Å². The van der Waals surface area contributed by atoms with Gasteiger partial charge in [0.15, 0.2) is 0 Å².